The van der Waals surface area contributed by atoms with Gasteiger partial charge in [-0.3, -0.25) is 9.89 Å². The van der Waals surface area contributed by atoms with Crippen LogP contribution in [-0.4, -0.2) is 27.3 Å². The van der Waals surface area contributed by atoms with Gasteiger partial charge in [0.15, 0.2) is 11.6 Å². The number of hydrogen-bond acceptors (Lipinski definition) is 3. The van der Waals surface area contributed by atoms with Crippen molar-refractivity contribution in [3.63, 3.8) is 0 Å². The van der Waals surface area contributed by atoms with Crippen molar-refractivity contribution in [2.75, 3.05) is 0 Å². The van der Waals surface area contributed by atoms with Crippen molar-refractivity contribution >= 4 is 5.91 Å². The van der Waals surface area contributed by atoms with Gasteiger partial charge in [0.05, 0.1) is 12.1 Å². The Morgan fingerprint density at radius 3 is 2.62 bits per heavy atom. The molecule has 0 saturated heterocycles. The number of carbonyl (C=O) groups excluding carboxylic acids is 1. The molecule has 21 heavy (non-hydrogen) atoms. The number of amides is 1. The molecule has 7 heteroatoms. The van der Waals surface area contributed by atoms with Crippen LogP contribution in [0.1, 0.15) is 34.8 Å². The van der Waals surface area contributed by atoms with Crippen LogP contribution >= 0.6 is 0 Å². The topological polar surface area (TPSA) is 78.0 Å². The minimum Gasteiger partial charge on any atom is -0.386 e. The van der Waals surface area contributed by atoms with Crippen LogP contribution in [0.5, 0.6) is 0 Å². The third kappa shape index (κ3) is 3.43. The van der Waals surface area contributed by atoms with E-state index in [1.165, 1.54) is 6.07 Å². The third-order valence-electron chi connectivity index (χ3n) is 3.06. The molecule has 1 aromatic carbocycles. The molecular weight excluding hydrogens is 280 g/mol. The fourth-order valence-electron chi connectivity index (χ4n) is 1.88. The summed E-state index contributed by atoms with van der Waals surface area (Å²) < 4.78 is 26.0. The van der Waals surface area contributed by atoms with E-state index >= 15 is 0 Å². The number of carbonyl (C=O) groups is 1. The second-order valence-electron chi connectivity index (χ2n) is 4.82. The van der Waals surface area contributed by atoms with Crippen molar-refractivity contribution in [1.82, 2.24) is 15.5 Å². The Morgan fingerprint density at radius 1 is 1.33 bits per heavy atom. The van der Waals surface area contributed by atoms with Crippen LogP contribution in [0.2, 0.25) is 0 Å². The highest BCUT2D eigenvalue weighted by Crippen LogP contribution is 2.19. The Morgan fingerprint density at radius 2 is 2.05 bits per heavy atom. The predicted molar refractivity (Wildman–Crippen MR) is 71.6 cm³/mol. The largest absolute Gasteiger partial charge is 0.386 e. The minimum atomic E-state index is -1.16. The number of aromatic nitrogens is 2. The zero-order chi connectivity index (χ0) is 15.6. The van der Waals surface area contributed by atoms with Crippen LogP contribution in [0.25, 0.3) is 0 Å². The maximum atomic E-state index is 13.1. The predicted octanol–water partition coefficient (Wildman–Crippen LogP) is 1.85. The van der Waals surface area contributed by atoms with Gasteiger partial charge in [0.2, 0.25) is 0 Å². The van der Waals surface area contributed by atoms with Gasteiger partial charge in [-0.2, -0.15) is 5.10 Å². The van der Waals surface area contributed by atoms with Crippen molar-refractivity contribution < 1.29 is 18.7 Å². The summed E-state index contributed by atoms with van der Waals surface area (Å²) in [7, 11) is 0. The van der Waals surface area contributed by atoms with Gasteiger partial charge in [0.1, 0.15) is 5.69 Å². The second kappa shape index (κ2) is 6.01. The molecule has 0 spiro atoms. The van der Waals surface area contributed by atoms with E-state index in [2.05, 4.69) is 15.5 Å². The van der Waals surface area contributed by atoms with Gasteiger partial charge in [0, 0.05) is 5.69 Å². The van der Waals surface area contributed by atoms with Crippen LogP contribution in [0, 0.1) is 18.6 Å². The summed E-state index contributed by atoms with van der Waals surface area (Å²) in [5, 5.41) is 19.1. The lowest BCUT2D eigenvalue weighted by Crippen LogP contribution is -2.37. The molecule has 2 unspecified atom stereocenters. The molecule has 0 bridgehead atoms. The Bertz CT molecular complexity index is 657. The van der Waals surface area contributed by atoms with Crippen LogP contribution in [0.3, 0.4) is 0 Å². The highest BCUT2D eigenvalue weighted by Gasteiger charge is 2.21. The number of aryl methyl sites for hydroxylation is 1. The summed E-state index contributed by atoms with van der Waals surface area (Å²) >= 11 is 0. The molecule has 1 aromatic heterocycles. The molecule has 112 valence electrons. The highest BCUT2D eigenvalue weighted by atomic mass is 19.2. The average Bonchev–Trinajstić information content (AvgIpc) is 2.87. The molecule has 0 radical (unpaired) electrons. The molecule has 1 amide bonds. The van der Waals surface area contributed by atoms with Gasteiger partial charge in [-0.25, -0.2) is 8.78 Å². The molecule has 0 aliphatic carbocycles. The zero-order valence-corrected chi connectivity index (χ0v) is 11.5. The zero-order valence-electron chi connectivity index (χ0n) is 11.5. The number of aliphatic hydroxyl groups excluding tert-OH is 1. The molecule has 0 fully saturated rings. The van der Waals surface area contributed by atoms with Crippen LogP contribution in [0.15, 0.2) is 24.3 Å². The normalized spacial score (nSPS) is 13.8. The number of H-pyrrole nitrogens is 1. The number of nitrogens with zero attached hydrogens (tertiary/aromatic N) is 1. The Balaban J connectivity index is 2.06. The van der Waals surface area contributed by atoms with Gasteiger partial charge < -0.3 is 10.4 Å². The van der Waals surface area contributed by atoms with Crippen LogP contribution < -0.4 is 5.32 Å². The summed E-state index contributed by atoms with van der Waals surface area (Å²) in [4.78, 5) is 11.9. The van der Waals surface area contributed by atoms with Crippen molar-refractivity contribution in [1.29, 1.82) is 0 Å². The monoisotopic (exact) mass is 295 g/mol. The van der Waals surface area contributed by atoms with Crippen molar-refractivity contribution in [3.8, 4) is 0 Å². The molecule has 3 N–H and O–H groups in total. The fraction of sp³-hybridized carbons (Fsp3) is 0.286. The van der Waals surface area contributed by atoms with E-state index in [9.17, 15) is 18.7 Å². The van der Waals surface area contributed by atoms with E-state index in [4.69, 9.17) is 0 Å². The highest BCUT2D eigenvalue weighted by molar-refractivity contribution is 5.92. The van der Waals surface area contributed by atoms with Gasteiger partial charge in [-0.15, -0.1) is 0 Å². The number of hydrogen-bond donors (Lipinski definition) is 3. The lowest BCUT2D eigenvalue weighted by Gasteiger charge is -2.20. The van der Waals surface area contributed by atoms with Gasteiger partial charge >= 0.3 is 0 Å². The van der Waals surface area contributed by atoms with Crippen LogP contribution in [-0.2, 0) is 0 Å². The maximum absolute atomic E-state index is 13.1. The summed E-state index contributed by atoms with van der Waals surface area (Å²) in [6.07, 6.45) is -1.16. The van der Waals surface area contributed by atoms with E-state index in [0.717, 1.165) is 17.8 Å². The lowest BCUT2D eigenvalue weighted by atomic mass is 10.0. The first kappa shape index (κ1) is 15.1. The van der Waals surface area contributed by atoms with E-state index < -0.39 is 29.7 Å². The van der Waals surface area contributed by atoms with Gasteiger partial charge in [0.25, 0.3) is 5.91 Å². The number of nitrogens with one attached hydrogen (secondary N) is 2. The van der Waals surface area contributed by atoms with E-state index in [1.54, 1.807) is 19.9 Å². The Kier molecular flexibility index (Phi) is 4.32. The molecule has 0 aliphatic rings. The number of benzene rings is 1. The van der Waals surface area contributed by atoms with Crippen molar-refractivity contribution in [2.24, 2.45) is 0 Å². The molecule has 2 rings (SSSR count). The summed E-state index contributed by atoms with van der Waals surface area (Å²) in [6, 6.07) is 3.97. The first-order valence-electron chi connectivity index (χ1n) is 6.34. The first-order valence-corrected chi connectivity index (χ1v) is 6.34. The van der Waals surface area contributed by atoms with Crippen LogP contribution in [0.4, 0.5) is 8.78 Å². The van der Waals surface area contributed by atoms with Crippen molar-refractivity contribution in [2.45, 2.75) is 26.0 Å². The average molecular weight is 295 g/mol. The third-order valence-corrected chi connectivity index (χ3v) is 3.06. The molecule has 2 aromatic rings. The second-order valence-corrected chi connectivity index (χ2v) is 4.82. The smallest absolute Gasteiger partial charge is 0.272 e. The SMILES string of the molecule is Cc1cc(C(=O)NC(C)C(O)c2ccc(F)c(F)c2)n[nH]1. The minimum absolute atomic E-state index is 0.180. The Labute approximate surface area is 120 Å². The standard InChI is InChI=1S/C14H15F2N3O2/c1-7-5-12(19-18-7)14(21)17-8(2)13(20)9-3-4-10(15)11(16)6-9/h3-6,8,13,20H,1-2H3,(H,17,21)(H,18,19). The number of halogens is 2. The van der Waals surface area contributed by atoms with E-state index in [-0.39, 0.29) is 11.3 Å². The lowest BCUT2D eigenvalue weighted by molar-refractivity contribution is 0.0846. The summed E-state index contributed by atoms with van der Waals surface area (Å²) in [5.41, 5.74) is 1.10. The summed E-state index contributed by atoms with van der Waals surface area (Å²) in [6.45, 7) is 3.31. The van der Waals surface area contributed by atoms with Gasteiger partial charge in [-0.1, -0.05) is 6.07 Å². The molecular formula is C14H15F2N3O2. The molecule has 0 aliphatic heterocycles. The maximum Gasteiger partial charge on any atom is 0.272 e. The molecule has 1 heterocycles. The fourth-order valence-corrected chi connectivity index (χ4v) is 1.88. The number of rotatable bonds is 4. The van der Waals surface area contributed by atoms with E-state index in [1.807, 2.05) is 0 Å². The Hall–Kier alpha value is -2.28. The van der Waals surface area contributed by atoms with Gasteiger partial charge in [-0.05, 0) is 37.6 Å². The molecule has 5 nitrogen and oxygen atoms in total. The van der Waals surface area contributed by atoms with E-state index in [0.29, 0.717) is 0 Å². The van der Waals surface area contributed by atoms with Crippen molar-refractivity contribution in [3.05, 3.63) is 52.9 Å². The first-order chi connectivity index (χ1) is 9.88. The quantitative estimate of drug-likeness (QED) is 0.805. The number of aliphatic hydroxyl groups is 1. The molecule has 2 atom stereocenters. The molecule has 0 saturated carbocycles. The number of aromatic amines is 1. The summed E-state index contributed by atoms with van der Waals surface area (Å²) in [5.74, 6) is -2.50.